The van der Waals surface area contributed by atoms with Crippen molar-refractivity contribution in [2.24, 2.45) is 5.73 Å². The van der Waals surface area contributed by atoms with Gasteiger partial charge in [0.2, 0.25) is 5.88 Å². The molecular weight excluding hydrogens is 418 g/mol. The number of carbonyl (C=O) groups excluding carboxylic acids is 1. The molecule has 3 N–H and O–H groups in total. The Balaban J connectivity index is 1.55. The largest absolute Gasteiger partial charge is 0.474 e. The lowest BCUT2D eigenvalue weighted by Crippen LogP contribution is -2.32. The SMILES string of the molecule is CCC(C)(N)c1cnc(OC2CC2)c2cnc(Nc3ccc4c(n3)[C@@](C)(CC)OC4=O)cc12. The van der Waals surface area contributed by atoms with Crippen molar-refractivity contribution in [2.45, 2.75) is 70.6 Å². The first kappa shape index (κ1) is 21.6. The molecule has 172 valence electrons. The van der Waals surface area contributed by atoms with Gasteiger partial charge in [0.25, 0.3) is 0 Å². The number of cyclic esters (lactones) is 1. The van der Waals surface area contributed by atoms with Crippen molar-refractivity contribution in [3.05, 3.63) is 47.4 Å². The Morgan fingerprint density at radius 1 is 1.21 bits per heavy atom. The first-order chi connectivity index (χ1) is 15.7. The van der Waals surface area contributed by atoms with E-state index >= 15 is 0 Å². The summed E-state index contributed by atoms with van der Waals surface area (Å²) in [5.74, 6) is 1.47. The van der Waals surface area contributed by atoms with Crippen LogP contribution in [0, 0.1) is 0 Å². The number of nitrogens with zero attached hydrogens (tertiary/aromatic N) is 3. The summed E-state index contributed by atoms with van der Waals surface area (Å²) in [6, 6.07) is 5.48. The lowest BCUT2D eigenvalue weighted by molar-refractivity contribution is -0.00220. The Morgan fingerprint density at radius 2 is 2.00 bits per heavy atom. The summed E-state index contributed by atoms with van der Waals surface area (Å²) in [7, 11) is 0. The molecule has 33 heavy (non-hydrogen) atoms. The van der Waals surface area contributed by atoms with Crippen LogP contribution in [0.5, 0.6) is 5.88 Å². The molecule has 8 heteroatoms. The van der Waals surface area contributed by atoms with Crippen molar-refractivity contribution >= 4 is 28.4 Å². The average molecular weight is 448 g/mol. The minimum atomic E-state index is -0.725. The minimum Gasteiger partial charge on any atom is -0.474 e. The standard InChI is InChI=1S/C25H29N5O3/c1-5-24(3,26)18-13-28-22(32-14-7-8-14)17-12-27-20(11-16(17)18)29-19-10-9-15-21(30-19)25(4,6-2)33-23(15)31/h9-14H,5-8,26H2,1-4H3,(H,27,29,30)/t24?,25-/m1/s1. The number of nitrogens with two attached hydrogens (primary N) is 1. The molecule has 0 saturated heterocycles. The van der Waals surface area contributed by atoms with Crippen molar-refractivity contribution in [1.82, 2.24) is 15.0 Å². The summed E-state index contributed by atoms with van der Waals surface area (Å²) in [5.41, 5.74) is 7.43. The topological polar surface area (TPSA) is 112 Å². The second-order valence-corrected chi connectivity index (χ2v) is 9.37. The predicted molar refractivity (Wildman–Crippen MR) is 126 cm³/mol. The first-order valence-corrected chi connectivity index (χ1v) is 11.5. The number of ether oxygens (including phenoxy) is 2. The zero-order valence-electron chi connectivity index (χ0n) is 19.4. The van der Waals surface area contributed by atoms with Crippen LogP contribution in [0.4, 0.5) is 11.6 Å². The molecule has 1 saturated carbocycles. The highest BCUT2D eigenvalue weighted by molar-refractivity contribution is 5.94. The van der Waals surface area contributed by atoms with Crippen LogP contribution in [-0.4, -0.2) is 27.0 Å². The normalized spacial score (nSPS) is 21.4. The molecule has 0 aromatic carbocycles. The predicted octanol–water partition coefficient (Wildman–Crippen LogP) is 4.69. The minimum absolute atomic E-state index is 0.230. The van der Waals surface area contributed by atoms with Gasteiger partial charge in [0.15, 0.2) is 5.60 Å². The highest BCUT2D eigenvalue weighted by Gasteiger charge is 2.42. The van der Waals surface area contributed by atoms with E-state index in [1.165, 1.54) is 0 Å². The van der Waals surface area contributed by atoms with Gasteiger partial charge in [0, 0.05) is 17.9 Å². The number of nitrogens with one attached hydrogen (secondary N) is 1. The van der Waals surface area contributed by atoms with Crippen LogP contribution in [0.15, 0.2) is 30.6 Å². The molecule has 2 aliphatic rings. The van der Waals surface area contributed by atoms with E-state index in [4.69, 9.17) is 20.2 Å². The molecule has 5 rings (SSSR count). The third-order valence-electron chi connectivity index (χ3n) is 6.75. The van der Waals surface area contributed by atoms with E-state index < -0.39 is 11.1 Å². The molecule has 3 aromatic heterocycles. The van der Waals surface area contributed by atoms with Crippen molar-refractivity contribution in [3.8, 4) is 5.88 Å². The van der Waals surface area contributed by atoms with Crippen LogP contribution in [0.1, 0.15) is 75.0 Å². The summed E-state index contributed by atoms with van der Waals surface area (Å²) in [5, 5.41) is 5.07. The van der Waals surface area contributed by atoms with E-state index in [2.05, 4.69) is 22.2 Å². The van der Waals surface area contributed by atoms with Crippen molar-refractivity contribution in [2.75, 3.05) is 5.32 Å². The number of fused-ring (bicyclic) bond motifs is 2. The molecule has 0 amide bonds. The fraction of sp³-hybridized carbons (Fsp3) is 0.440. The molecule has 0 radical (unpaired) electrons. The highest BCUT2D eigenvalue weighted by Crippen LogP contribution is 2.39. The van der Waals surface area contributed by atoms with Gasteiger partial charge in [0.05, 0.1) is 10.9 Å². The number of hydrogen-bond donors (Lipinski definition) is 2. The monoisotopic (exact) mass is 447 g/mol. The van der Waals surface area contributed by atoms with E-state index in [0.717, 1.165) is 35.6 Å². The number of esters is 1. The van der Waals surface area contributed by atoms with Gasteiger partial charge in [-0.05, 0) is 68.7 Å². The van der Waals surface area contributed by atoms with Crippen molar-refractivity contribution in [3.63, 3.8) is 0 Å². The quantitative estimate of drug-likeness (QED) is 0.502. The van der Waals surface area contributed by atoms with Crippen LogP contribution in [0.25, 0.3) is 10.8 Å². The summed E-state index contributed by atoms with van der Waals surface area (Å²) in [4.78, 5) is 26.1. The number of pyridine rings is 3. The van der Waals surface area contributed by atoms with E-state index in [1.54, 1.807) is 18.3 Å². The van der Waals surface area contributed by atoms with Crippen LogP contribution < -0.4 is 15.8 Å². The van der Waals surface area contributed by atoms with Gasteiger partial charge < -0.3 is 20.5 Å². The van der Waals surface area contributed by atoms with Gasteiger partial charge in [-0.25, -0.2) is 19.7 Å². The van der Waals surface area contributed by atoms with E-state index in [0.29, 0.717) is 35.2 Å². The van der Waals surface area contributed by atoms with E-state index in [1.807, 2.05) is 33.0 Å². The second kappa shape index (κ2) is 7.66. The third kappa shape index (κ3) is 3.78. The lowest BCUT2D eigenvalue weighted by atomic mass is 9.88. The first-order valence-electron chi connectivity index (χ1n) is 11.5. The molecular formula is C25H29N5O3. The van der Waals surface area contributed by atoms with E-state index in [-0.39, 0.29) is 12.1 Å². The summed E-state index contributed by atoms with van der Waals surface area (Å²) >= 11 is 0. The number of rotatable bonds is 7. The average Bonchev–Trinajstić information content (AvgIpc) is 3.58. The summed E-state index contributed by atoms with van der Waals surface area (Å²) < 4.78 is 11.6. The van der Waals surface area contributed by atoms with Gasteiger partial charge in [-0.1, -0.05) is 13.8 Å². The smallest absolute Gasteiger partial charge is 0.341 e. The lowest BCUT2D eigenvalue weighted by Gasteiger charge is -2.25. The molecule has 1 aliphatic carbocycles. The van der Waals surface area contributed by atoms with Crippen molar-refractivity contribution in [1.29, 1.82) is 0 Å². The molecule has 4 heterocycles. The third-order valence-corrected chi connectivity index (χ3v) is 6.75. The highest BCUT2D eigenvalue weighted by atomic mass is 16.6. The molecule has 1 aliphatic heterocycles. The second-order valence-electron chi connectivity index (χ2n) is 9.37. The maximum Gasteiger partial charge on any atom is 0.341 e. The van der Waals surface area contributed by atoms with Crippen LogP contribution in [0.3, 0.4) is 0 Å². The Bertz CT molecular complexity index is 1250. The Morgan fingerprint density at radius 3 is 2.70 bits per heavy atom. The van der Waals surface area contributed by atoms with Gasteiger partial charge in [0.1, 0.15) is 23.4 Å². The molecule has 2 atom stereocenters. The zero-order valence-corrected chi connectivity index (χ0v) is 19.4. The van der Waals surface area contributed by atoms with Crippen LogP contribution in [-0.2, 0) is 15.9 Å². The molecule has 0 bridgehead atoms. The van der Waals surface area contributed by atoms with Gasteiger partial charge >= 0.3 is 5.97 Å². The Labute approximate surface area is 192 Å². The van der Waals surface area contributed by atoms with Crippen molar-refractivity contribution < 1.29 is 14.3 Å². The van der Waals surface area contributed by atoms with Gasteiger partial charge in [-0.3, -0.25) is 0 Å². The number of carbonyl (C=O) groups is 1. The molecule has 0 spiro atoms. The van der Waals surface area contributed by atoms with Crippen LogP contribution in [0.2, 0.25) is 0 Å². The molecule has 8 nitrogen and oxygen atoms in total. The Kier molecular flexibility index (Phi) is 5.01. The number of hydrogen-bond acceptors (Lipinski definition) is 8. The number of anilines is 2. The maximum atomic E-state index is 12.2. The zero-order chi connectivity index (χ0) is 23.4. The fourth-order valence-corrected chi connectivity index (χ4v) is 4.04. The summed E-state index contributed by atoms with van der Waals surface area (Å²) in [6.45, 7) is 7.92. The van der Waals surface area contributed by atoms with Gasteiger partial charge in [-0.2, -0.15) is 0 Å². The molecule has 1 fully saturated rings. The fourth-order valence-electron chi connectivity index (χ4n) is 4.04. The molecule has 1 unspecified atom stereocenters. The van der Waals surface area contributed by atoms with Gasteiger partial charge in [-0.15, -0.1) is 0 Å². The van der Waals surface area contributed by atoms with E-state index in [9.17, 15) is 4.79 Å². The number of aromatic nitrogens is 3. The Hall–Kier alpha value is -3.26. The summed E-state index contributed by atoms with van der Waals surface area (Å²) in [6.07, 6.45) is 7.32. The molecule has 3 aromatic rings. The maximum absolute atomic E-state index is 12.2. The van der Waals surface area contributed by atoms with Crippen LogP contribution >= 0.6 is 0 Å².